The predicted molar refractivity (Wildman–Crippen MR) is 123 cm³/mol. The number of carbonyl (C=O) groups is 2. The van der Waals surface area contributed by atoms with Crippen molar-refractivity contribution in [3.8, 4) is 0 Å². The maximum atomic E-state index is 13.8. The predicted octanol–water partition coefficient (Wildman–Crippen LogP) is 4.98. The van der Waals surface area contributed by atoms with Crippen LogP contribution in [-0.2, 0) is 9.59 Å². The molecule has 38 heavy (non-hydrogen) atoms. The Labute approximate surface area is 214 Å². The van der Waals surface area contributed by atoms with Gasteiger partial charge in [-0.25, -0.2) is 22.7 Å². The van der Waals surface area contributed by atoms with Crippen molar-refractivity contribution in [2.75, 3.05) is 0 Å². The summed E-state index contributed by atoms with van der Waals surface area (Å²) in [5, 5.41) is 9.86. The molecule has 0 bridgehead atoms. The van der Waals surface area contributed by atoms with E-state index in [4.69, 9.17) is 0 Å². The van der Waals surface area contributed by atoms with Gasteiger partial charge >= 0.3 is 6.18 Å². The number of rotatable bonds is 9. The fourth-order valence-corrected chi connectivity index (χ4v) is 5.16. The molecule has 0 spiro atoms. The van der Waals surface area contributed by atoms with Gasteiger partial charge in [0.25, 0.3) is 0 Å². The molecule has 3 fully saturated rings. The molecule has 7 nitrogen and oxygen atoms in total. The van der Waals surface area contributed by atoms with Crippen LogP contribution in [0.5, 0.6) is 0 Å². The van der Waals surface area contributed by atoms with E-state index in [-0.39, 0.29) is 43.9 Å². The van der Waals surface area contributed by atoms with Crippen molar-refractivity contribution in [3.63, 3.8) is 0 Å². The maximum absolute atomic E-state index is 13.8. The van der Waals surface area contributed by atoms with Crippen LogP contribution < -0.4 is 10.6 Å². The van der Waals surface area contributed by atoms with Gasteiger partial charge in [-0.2, -0.15) is 18.3 Å². The lowest BCUT2D eigenvalue weighted by atomic mass is 9.81. The minimum Gasteiger partial charge on any atom is -0.349 e. The highest BCUT2D eigenvalue weighted by Crippen LogP contribution is 2.43. The fourth-order valence-electron chi connectivity index (χ4n) is 5.16. The molecule has 2 amide bonds. The van der Waals surface area contributed by atoms with Crippen molar-refractivity contribution in [1.29, 1.82) is 0 Å². The minimum atomic E-state index is -4.43. The molecule has 0 aliphatic heterocycles. The Bertz CT molecular complexity index is 1190. The first kappa shape index (κ1) is 26.7. The highest BCUT2D eigenvalue weighted by Gasteiger charge is 2.46. The molecule has 2 heterocycles. The summed E-state index contributed by atoms with van der Waals surface area (Å²) < 4.78 is 80.1. The van der Waals surface area contributed by atoms with E-state index in [1.165, 1.54) is 10.7 Å². The highest BCUT2D eigenvalue weighted by atomic mass is 19.4. The van der Waals surface area contributed by atoms with E-state index in [2.05, 4.69) is 20.7 Å². The SMILES string of the molecule is O=C(CCC(F)(F)F)NC(c1cnn2cc([C@@H](NC(=O)[C@@H]3C[C@H]3F)C3CCC(F)(F)CC3)nc2c1)C1CC1. The Morgan fingerprint density at radius 1 is 1.08 bits per heavy atom. The number of fused-ring (bicyclic) bond motifs is 1. The molecule has 5 rings (SSSR count). The monoisotopic (exact) mass is 545 g/mol. The number of hydrogen-bond donors (Lipinski definition) is 2. The average Bonchev–Trinajstić information content (AvgIpc) is 3.77. The normalized spacial score (nSPS) is 25.1. The van der Waals surface area contributed by atoms with Crippen LogP contribution in [0.4, 0.5) is 26.3 Å². The summed E-state index contributed by atoms with van der Waals surface area (Å²) in [6, 6.07) is 0.467. The van der Waals surface area contributed by atoms with E-state index in [0.29, 0.717) is 16.9 Å². The van der Waals surface area contributed by atoms with Gasteiger partial charge < -0.3 is 10.6 Å². The number of halogens is 6. The third-order valence-corrected chi connectivity index (χ3v) is 7.66. The largest absolute Gasteiger partial charge is 0.389 e. The maximum Gasteiger partial charge on any atom is 0.389 e. The summed E-state index contributed by atoms with van der Waals surface area (Å²) in [6.07, 6.45) is -2.94. The molecule has 3 saturated carbocycles. The number of nitrogens with one attached hydrogen (secondary N) is 2. The van der Waals surface area contributed by atoms with E-state index in [1.54, 1.807) is 12.3 Å². The molecule has 0 radical (unpaired) electrons. The first-order valence-corrected chi connectivity index (χ1v) is 12.9. The van der Waals surface area contributed by atoms with Crippen molar-refractivity contribution in [2.24, 2.45) is 17.8 Å². The average molecular weight is 546 g/mol. The Balaban J connectivity index is 1.36. The highest BCUT2D eigenvalue weighted by molar-refractivity contribution is 5.82. The summed E-state index contributed by atoms with van der Waals surface area (Å²) >= 11 is 0. The molecule has 2 aromatic heterocycles. The number of alkyl halides is 6. The van der Waals surface area contributed by atoms with Crippen LogP contribution in [0, 0.1) is 17.8 Å². The van der Waals surface area contributed by atoms with Crippen LogP contribution >= 0.6 is 0 Å². The minimum absolute atomic E-state index is 0.0756. The summed E-state index contributed by atoms with van der Waals surface area (Å²) in [5.41, 5.74) is 1.38. The number of imidazole rings is 1. The van der Waals surface area contributed by atoms with Gasteiger partial charge in [0.1, 0.15) is 6.17 Å². The van der Waals surface area contributed by atoms with E-state index in [0.717, 1.165) is 12.8 Å². The third-order valence-electron chi connectivity index (χ3n) is 7.66. The second-order valence-electron chi connectivity index (χ2n) is 10.8. The Morgan fingerprint density at radius 3 is 2.34 bits per heavy atom. The Morgan fingerprint density at radius 2 is 1.74 bits per heavy atom. The van der Waals surface area contributed by atoms with Crippen molar-refractivity contribution in [1.82, 2.24) is 25.2 Å². The van der Waals surface area contributed by atoms with Crippen LogP contribution in [0.25, 0.3) is 5.65 Å². The molecular weight excluding hydrogens is 516 g/mol. The summed E-state index contributed by atoms with van der Waals surface area (Å²) in [7, 11) is 0. The lowest BCUT2D eigenvalue weighted by Gasteiger charge is -2.33. The number of nitrogens with zero attached hydrogens (tertiary/aromatic N) is 3. The molecule has 4 atom stereocenters. The number of carbonyl (C=O) groups excluding carboxylic acids is 2. The summed E-state index contributed by atoms with van der Waals surface area (Å²) in [4.78, 5) is 29.4. The van der Waals surface area contributed by atoms with Gasteiger partial charge in [0.05, 0.1) is 42.5 Å². The molecule has 13 heteroatoms. The van der Waals surface area contributed by atoms with Crippen LogP contribution in [0.15, 0.2) is 18.5 Å². The van der Waals surface area contributed by atoms with Gasteiger partial charge in [-0.3, -0.25) is 9.59 Å². The zero-order chi connectivity index (χ0) is 27.2. The van der Waals surface area contributed by atoms with Crippen LogP contribution in [0.3, 0.4) is 0 Å². The summed E-state index contributed by atoms with van der Waals surface area (Å²) in [6.45, 7) is 0. The van der Waals surface area contributed by atoms with Gasteiger partial charge in [-0.1, -0.05) is 0 Å². The zero-order valence-electron chi connectivity index (χ0n) is 20.5. The van der Waals surface area contributed by atoms with E-state index in [1.807, 2.05) is 0 Å². The van der Waals surface area contributed by atoms with Gasteiger partial charge in [0, 0.05) is 19.3 Å². The molecule has 2 N–H and O–H groups in total. The Kier molecular flexibility index (Phi) is 7.06. The Hall–Kier alpha value is -2.86. The van der Waals surface area contributed by atoms with Crippen LogP contribution in [-0.4, -0.2) is 44.7 Å². The zero-order valence-corrected chi connectivity index (χ0v) is 20.5. The number of hydrogen-bond acceptors (Lipinski definition) is 4. The molecule has 208 valence electrons. The van der Waals surface area contributed by atoms with Gasteiger partial charge in [0.2, 0.25) is 17.7 Å². The second-order valence-corrected chi connectivity index (χ2v) is 10.8. The van der Waals surface area contributed by atoms with Gasteiger partial charge in [-0.15, -0.1) is 0 Å². The molecule has 3 aliphatic carbocycles. The molecule has 2 aromatic rings. The summed E-state index contributed by atoms with van der Waals surface area (Å²) in [5.74, 6) is -4.92. The quantitative estimate of drug-likeness (QED) is 0.435. The van der Waals surface area contributed by atoms with Crippen molar-refractivity contribution in [2.45, 2.75) is 88.1 Å². The smallest absolute Gasteiger partial charge is 0.349 e. The lowest BCUT2D eigenvalue weighted by molar-refractivity contribution is -0.144. The van der Waals surface area contributed by atoms with Crippen molar-refractivity contribution >= 4 is 17.5 Å². The first-order valence-electron chi connectivity index (χ1n) is 12.9. The van der Waals surface area contributed by atoms with Crippen LogP contribution in [0.2, 0.25) is 0 Å². The second kappa shape index (κ2) is 10.0. The van der Waals surface area contributed by atoms with E-state index in [9.17, 15) is 35.9 Å². The molecule has 0 saturated heterocycles. The molecule has 0 aromatic carbocycles. The van der Waals surface area contributed by atoms with Gasteiger partial charge in [0.15, 0.2) is 5.65 Å². The van der Waals surface area contributed by atoms with E-state index < -0.39 is 60.9 Å². The fraction of sp³-hybridized carbons (Fsp3) is 0.680. The van der Waals surface area contributed by atoms with Crippen molar-refractivity contribution < 1.29 is 35.9 Å². The van der Waals surface area contributed by atoms with Gasteiger partial charge in [-0.05, 0) is 55.6 Å². The molecular formula is C25H29F6N5O2. The standard InChI is InChI=1S/C25H29F6N5O2/c26-17-10-16(17)23(38)35-22(14-3-6-24(27,28)7-4-14)18-12-36-19(33-18)9-15(11-32-36)21(13-1-2-13)34-20(37)5-8-25(29,30)31/h9,11-14,16-17,21-22H,1-8,10H2,(H,34,37)(H,35,38)/t16-,17-,21?,22+/m1/s1. The first-order chi connectivity index (χ1) is 17.9. The van der Waals surface area contributed by atoms with Crippen molar-refractivity contribution in [3.05, 3.63) is 29.7 Å². The molecule has 1 unspecified atom stereocenters. The van der Waals surface area contributed by atoms with Crippen LogP contribution in [0.1, 0.15) is 81.1 Å². The number of amides is 2. The van der Waals surface area contributed by atoms with E-state index >= 15 is 0 Å². The molecule has 3 aliphatic rings. The number of aromatic nitrogens is 3. The lowest BCUT2D eigenvalue weighted by Crippen LogP contribution is -2.38. The topological polar surface area (TPSA) is 88.4 Å². The third kappa shape index (κ3) is 6.40.